The van der Waals surface area contributed by atoms with Crippen molar-refractivity contribution in [2.75, 3.05) is 7.11 Å². The average Bonchev–Trinajstić information content (AvgIpc) is 2.39. The van der Waals surface area contributed by atoms with E-state index in [1.807, 2.05) is 7.11 Å². The molecule has 2 N–H and O–H groups in total. The van der Waals surface area contributed by atoms with Crippen LogP contribution in [-0.4, -0.2) is 13.2 Å². The molecule has 0 spiro atoms. The Balaban J connectivity index is 2.16. The lowest BCUT2D eigenvalue weighted by Gasteiger charge is -2.33. The van der Waals surface area contributed by atoms with Crippen LogP contribution in [-0.2, 0) is 4.74 Å². The summed E-state index contributed by atoms with van der Waals surface area (Å²) in [4.78, 5) is 0. The molecule has 1 aliphatic carbocycles. The molecule has 0 aliphatic heterocycles. The third-order valence-corrected chi connectivity index (χ3v) is 4.37. The van der Waals surface area contributed by atoms with Crippen molar-refractivity contribution in [3.8, 4) is 0 Å². The minimum absolute atomic E-state index is 0.00769. The SMILES string of the molecule is COC(C1CCCCC1)C(N)c1cc(C)cc(C)c1. The molecule has 106 valence electrons. The summed E-state index contributed by atoms with van der Waals surface area (Å²) in [7, 11) is 1.81. The van der Waals surface area contributed by atoms with Gasteiger partial charge in [-0.15, -0.1) is 0 Å². The Kier molecular flexibility index (Phi) is 5.00. The normalized spacial score (nSPS) is 20.2. The highest BCUT2D eigenvalue weighted by molar-refractivity contribution is 5.31. The Morgan fingerprint density at radius 2 is 1.63 bits per heavy atom. The summed E-state index contributed by atoms with van der Waals surface area (Å²) < 4.78 is 5.76. The molecule has 1 aromatic rings. The Morgan fingerprint density at radius 1 is 1.05 bits per heavy atom. The Labute approximate surface area is 117 Å². The van der Waals surface area contributed by atoms with Crippen LogP contribution in [0.5, 0.6) is 0 Å². The zero-order valence-corrected chi connectivity index (χ0v) is 12.5. The highest BCUT2D eigenvalue weighted by atomic mass is 16.5. The van der Waals surface area contributed by atoms with E-state index < -0.39 is 0 Å². The number of ether oxygens (including phenoxy) is 1. The van der Waals surface area contributed by atoms with Gasteiger partial charge in [0.25, 0.3) is 0 Å². The fraction of sp³-hybridized carbons (Fsp3) is 0.647. The third-order valence-electron chi connectivity index (χ3n) is 4.37. The first-order valence-corrected chi connectivity index (χ1v) is 7.48. The minimum Gasteiger partial charge on any atom is -0.379 e. The first-order valence-electron chi connectivity index (χ1n) is 7.48. The van der Waals surface area contributed by atoms with E-state index in [1.165, 1.54) is 48.8 Å². The molecule has 1 saturated carbocycles. The summed E-state index contributed by atoms with van der Waals surface area (Å²) in [5.41, 5.74) is 10.3. The molecule has 2 heteroatoms. The number of aryl methyl sites for hydroxylation is 2. The van der Waals surface area contributed by atoms with Gasteiger partial charge in [0.1, 0.15) is 0 Å². The molecule has 0 saturated heterocycles. The van der Waals surface area contributed by atoms with Crippen molar-refractivity contribution in [3.63, 3.8) is 0 Å². The second kappa shape index (κ2) is 6.53. The molecule has 0 amide bonds. The molecular formula is C17H27NO. The number of benzene rings is 1. The standard InChI is InChI=1S/C17H27NO/c1-12-9-13(2)11-15(10-12)16(18)17(19-3)14-7-5-4-6-8-14/h9-11,14,16-17H,4-8,18H2,1-3H3. The number of methoxy groups -OCH3 is 1. The predicted molar refractivity (Wildman–Crippen MR) is 80.2 cm³/mol. The van der Waals surface area contributed by atoms with Crippen molar-refractivity contribution in [1.29, 1.82) is 0 Å². The van der Waals surface area contributed by atoms with Crippen LogP contribution in [0.15, 0.2) is 18.2 Å². The molecular weight excluding hydrogens is 234 g/mol. The van der Waals surface area contributed by atoms with Crippen molar-refractivity contribution < 1.29 is 4.74 Å². The van der Waals surface area contributed by atoms with Crippen molar-refractivity contribution in [2.45, 2.75) is 58.1 Å². The van der Waals surface area contributed by atoms with E-state index in [0.717, 1.165) is 0 Å². The molecule has 19 heavy (non-hydrogen) atoms. The van der Waals surface area contributed by atoms with Crippen LogP contribution in [0.2, 0.25) is 0 Å². The predicted octanol–water partition coefficient (Wildman–Crippen LogP) is 3.90. The third kappa shape index (κ3) is 3.58. The molecule has 1 aliphatic rings. The smallest absolute Gasteiger partial charge is 0.0791 e. The number of rotatable bonds is 4. The Bertz CT molecular complexity index is 389. The summed E-state index contributed by atoms with van der Waals surface area (Å²) >= 11 is 0. The lowest BCUT2D eigenvalue weighted by Crippen LogP contribution is -2.36. The van der Waals surface area contributed by atoms with E-state index in [9.17, 15) is 0 Å². The topological polar surface area (TPSA) is 35.2 Å². The summed E-state index contributed by atoms with van der Waals surface area (Å²) in [6.07, 6.45) is 6.69. The van der Waals surface area contributed by atoms with Crippen molar-refractivity contribution in [2.24, 2.45) is 11.7 Å². The van der Waals surface area contributed by atoms with Gasteiger partial charge in [0.15, 0.2) is 0 Å². The molecule has 0 radical (unpaired) electrons. The van der Waals surface area contributed by atoms with Gasteiger partial charge in [-0.3, -0.25) is 0 Å². The van der Waals surface area contributed by atoms with Crippen molar-refractivity contribution in [1.82, 2.24) is 0 Å². The molecule has 0 aromatic heterocycles. The molecule has 2 nitrogen and oxygen atoms in total. The molecule has 2 atom stereocenters. The summed E-state index contributed by atoms with van der Waals surface area (Å²) in [5, 5.41) is 0. The van der Waals surface area contributed by atoms with Gasteiger partial charge in [-0.25, -0.2) is 0 Å². The van der Waals surface area contributed by atoms with Crippen LogP contribution in [0.3, 0.4) is 0 Å². The molecule has 1 aromatic carbocycles. The first-order chi connectivity index (χ1) is 9.11. The van der Waals surface area contributed by atoms with Crippen LogP contribution in [0.25, 0.3) is 0 Å². The van der Waals surface area contributed by atoms with Crippen LogP contribution in [0, 0.1) is 19.8 Å². The van der Waals surface area contributed by atoms with Gasteiger partial charge in [0.2, 0.25) is 0 Å². The van der Waals surface area contributed by atoms with Crippen molar-refractivity contribution in [3.05, 3.63) is 34.9 Å². The van der Waals surface area contributed by atoms with Crippen molar-refractivity contribution >= 4 is 0 Å². The Hall–Kier alpha value is -0.860. The molecule has 0 heterocycles. The highest BCUT2D eigenvalue weighted by Crippen LogP contribution is 2.33. The van der Waals surface area contributed by atoms with E-state index in [0.29, 0.717) is 5.92 Å². The fourth-order valence-electron chi connectivity index (χ4n) is 3.49. The highest BCUT2D eigenvalue weighted by Gasteiger charge is 2.29. The lowest BCUT2D eigenvalue weighted by atomic mass is 9.81. The van der Waals surface area contributed by atoms with E-state index in [2.05, 4.69) is 32.0 Å². The number of hydrogen-bond acceptors (Lipinski definition) is 2. The Morgan fingerprint density at radius 3 is 2.16 bits per heavy atom. The molecule has 2 unspecified atom stereocenters. The largest absolute Gasteiger partial charge is 0.379 e. The second-order valence-corrected chi connectivity index (χ2v) is 6.05. The average molecular weight is 261 g/mol. The van der Waals surface area contributed by atoms with E-state index in [1.54, 1.807) is 0 Å². The lowest BCUT2D eigenvalue weighted by molar-refractivity contribution is 0.0172. The van der Waals surface area contributed by atoms with Gasteiger partial charge in [-0.2, -0.15) is 0 Å². The minimum atomic E-state index is -0.00769. The summed E-state index contributed by atoms with van der Waals surface area (Å²) in [5.74, 6) is 0.620. The fourth-order valence-corrected chi connectivity index (χ4v) is 3.49. The van der Waals surface area contributed by atoms with Gasteiger partial charge >= 0.3 is 0 Å². The van der Waals surface area contributed by atoms with E-state index in [4.69, 9.17) is 10.5 Å². The summed E-state index contributed by atoms with van der Waals surface area (Å²) in [6.45, 7) is 4.26. The van der Waals surface area contributed by atoms with Crippen LogP contribution >= 0.6 is 0 Å². The van der Waals surface area contributed by atoms with E-state index in [-0.39, 0.29) is 12.1 Å². The maximum Gasteiger partial charge on any atom is 0.0791 e. The maximum absolute atomic E-state index is 6.49. The van der Waals surface area contributed by atoms with Gasteiger partial charge in [-0.1, -0.05) is 48.6 Å². The first kappa shape index (κ1) is 14.5. The zero-order valence-electron chi connectivity index (χ0n) is 12.5. The van der Waals surface area contributed by atoms with Gasteiger partial charge < -0.3 is 10.5 Å². The van der Waals surface area contributed by atoms with Gasteiger partial charge in [0.05, 0.1) is 12.1 Å². The van der Waals surface area contributed by atoms with Crippen LogP contribution in [0.1, 0.15) is 54.8 Å². The van der Waals surface area contributed by atoms with Crippen LogP contribution < -0.4 is 5.73 Å². The quantitative estimate of drug-likeness (QED) is 0.892. The summed E-state index contributed by atoms with van der Waals surface area (Å²) in [6, 6.07) is 6.59. The monoisotopic (exact) mass is 261 g/mol. The zero-order chi connectivity index (χ0) is 13.8. The number of nitrogens with two attached hydrogens (primary N) is 1. The maximum atomic E-state index is 6.49. The second-order valence-electron chi connectivity index (χ2n) is 6.05. The molecule has 0 bridgehead atoms. The molecule has 1 fully saturated rings. The van der Waals surface area contributed by atoms with E-state index >= 15 is 0 Å². The van der Waals surface area contributed by atoms with Gasteiger partial charge in [0, 0.05) is 7.11 Å². The van der Waals surface area contributed by atoms with Crippen LogP contribution in [0.4, 0.5) is 0 Å². The number of hydrogen-bond donors (Lipinski definition) is 1. The van der Waals surface area contributed by atoms with Gasteiger partial charge in [-0.05, 0) is 38.2 Å². The molecule has 2 rings (SSSR count).